The highest BCUT2D eigenvalue weighted by atomic mass is 79.9. The van der Waals surface area contributed by atoms with Crippen molar-refractivity contribution in [3.05, 3.63) is 38.8 Å². The van der Waals surface area contributed by atoms with Gasteiger partial charge in [0.15, 0.2) is 0 Å². The fraction of sp³-hybridized carbons (Fsp3) is 0. The Hall–Kier alpha value is -1.17. The lowest BCUT2D eigenvalue weighted by atomic mass is 10.4. The molecule has 0 atom stereocenters. The molecule has 1 heterocycles. The lowest BCUT2D eigenvalue weighted by molar-refractivity contribution is -0.385. The molecule has 0 saturated carbocycles. The molecule has 0 radical (unpaired) electrons. The average Bonchev–Trinajstić information content (AvgIpc) is 1.94. The molecule has 0 fully saturated rings. The summed E-state index contributed by atoms with van der Waals surface area (Å²) in [4.78, 5) is 20.2. The van der Waals surface area contributed by atoms with E-state index in [1.165, 1.54) is 0 Å². The summed E-state index contributed by atoms with van der Waals surface area (Å²) in [6, 6.07) is 2.27. The molecule has 11 heavy (non-hydrogen) atoms. The second-order valence-electron chi connectivity index (χ2n) is 1.79. The van der Waals surface area contributed by atoms with Crippen molar-refractivity contribution in [1.29, 1.82) is 0 Å². The summed E-state index contributed by atoms with van der Waals surface area (Å²) >= 11 is 2.81. The van der Waals surface area contributed by atoms with E-state index >= 15 is 0 Å². The Morgan fingerprint density at radius 1 is 1.55 bits per heavy atom. The van der Waals surface area contributed by atoms with Crippen molar-refractivity contribution < 1.29 is 4.92 Å². The van der Waals surface area contributed by atoms with Gasteiger partial charge in [-0.1, -0.05) is 0 Å². The highest BCUT2D eigenvalue weighted by molar-refractivity contribution is 9.08. The first kappa shape index (κ1) is 7.93. The van der Waals surface area contributed by atoms with Crippen LogP contribution >= 0.6 is 16.1 Å². The van der Waals surface area contributed by atoms with E-state index in [9.17, 15) is 14.9 Å². The van der Waals surface area contributed by atoms with Crippen LogP contribution in [0, 0.1) is 10.1 Å². The van der Waals surface area contributed by atoms with Crippen molar-refractivity contribution in [3.63, 3.8) is 0 Å². The van der Waals surface area contributed by atoms with Gasteiger partial charge >= 0.3 is 0 Å². The molecule has 0 aliphatic heterocycles. The Labute approximate surface area is 69.8 Å². The summed E-state index contributed by atoms with van der Waals surface area (Å²) in [6.07, 6.45) is 1.10. The summed E-state index contributed by atoms with van der Waals surface area (Å²) in [5.74, 6) is 0. The highest BCUT2D eigenvalue weighted by Gasteiger charge is 2.05. The van der Waals surface area contributed by atoms with E-state index in [1.807, 2.05) is 0 Å². The predicted molar refractivity (Wildman–Crippen MR) is 41.7 cm³/mol. The third-order valence-electron chi connectivity index (χ3n) is 1.06. The fourth-order valence-corrected chi connectivity index (χ4v) is 0.887. The summed E-state index contributed by atoms with van der Waals surface area (Å²) in [5.41, 5.74) is -0.461. The number of halogens is 1. The van der Waals surface area contributed by atoms with Crippen molar-refractivity contribution in [3.8, 4) is 0 Å². The molecule has 6 heteroatoms. The maximum atomic E-state index is 10.7. The number of nitro groups is 1. The van der Waals surface area contributed by atoms with Crippen molar-refractivity contribution in [2.45, 2.75) is 0 Å². The minimum atomic E-state index is -0.572. The Balaban J connectivity index is 3.26. The van der Waals surface area contributed by atoms with Crippen LogP contribution in [0.15, 0.2) is 23.1 Å². The van der Waals surface area contributed by atoms with E-state index < -0.39 is 4.92 Å². The van der Waals surface area contributed by atoms with Crippen LogP contribution in [0.4, 0.5) is 5.69 Å². The molecule has 0 spiro atoms. The van der Waals surface area contributed by atoms with E-state index in [0.717, 1.165) is 21.9 Å². The first-order valence-corrected chi connectivity index (χ1v) is 3.35. The van der Waals surface area contributed by atoms with Crippen LogP contribution in [-0.4, -0.2) is 8.52 Å². The first-order valence-electron chi connectivity index (χ1n) is 2.64. The second kappa shape index (κ2) is 2.83. The van der Waals surface area contributed by atoms with Gasteiger partial charge in [-0.15, -0.1) is 0 Å². The smallest absolute Gasteiger partial charge is 0.268 e. The maximum Gasteiger partial charge on any atom is 0.286 e. The monoisotopic (exact) mass is 218 g/mol. The van der Waals surface area contributed by atoms with Crippen LogP contribution in [0.1, 0.15) is 0 Å². The van der Waals surface area contributed by atoms with Gasteiger partial charge in [0.05, 0.1) is 27.3 Å². The van der Waals surface area contributed by atoms with Crippen LogP contribution in [0.25, 0.3) is 0 Å². The molecule has 0 bridgehead atoms. The molecule has 1 aromatic rings. The second-order valence-corrected chi connectivity index (χ2v) is 2.56. The van der Waals surface area contributed by atoms with Crippen LogP contribution in [0.3, 0.4) is 0 Å². The number of pyridine rings is 1. The molecule has 1 aromatic heterocycles. The SMILES string of the molecule is O=c1ccc([N+](=O)[O-])cn1Br. The molecular formula is C5H3BrN2O3. The standard InChI is InChI=1S/C5H3BrN2O3/c6-7-3-4(8(10)11)1-2-5(7)9/h1-3H. The Bertz CT molecular complexity index is 346. The molecule has 0 N–H and O–H groups in total. The van der Waals surface area contributed by atoms with Crippen LogP contribution in [0.5, 0.6) is 0 Å². The van der Waals surface area contributed by atoms with Gasteiger partial charge in [-0.2, -0.15) is 0 Å². The topological polar surface area (TPSA) is 65.1 Å². The number of aromatic nitrogens is 1. The minimum Gasteiger partial charge on any atom is -0.268 e. The summed E-state index contributed by atoms with van der Waals surface area (Å²) in [5, 5.41) is 10.1. The van der Waals surface area contributed by atoms with Gasteiger partial charge in [0.2, 0.25) is 0 Å². The Kier molecular flexibility index (Phi) is 2.04. The molecule has 5 nitrogen and oxygen atoms in total. The number of hydrogen-bond acceptors (Lipinski definition) is 3. The van der Waals surface area contributed by atoms with Crippen molar-refractivity contribution in [2.24, 2.45) is 0 Å². The van der Waals surface area contributed by atoms with Crippen LogP contribution < -0.4 is 5.56 Å². The van der Waals surface area contributed by atoms with Gasteiger partial charge < -0.3 is 0 Å². The van der Waals surface area contributed by atoms with Crippen LogP contribution in [-0.2, 0) is 0 Å². The molecule has 0 aliphatic rings. The lowest BCUT2D eigenvalue weighted by Crippen LogP contribution is -2.09. The zero-order valence-corrected chi connectivity index (χ0v) is 6.82. The molecular weight excluding hydrogens is 216 g/mol. The molecule has 0 amide bonds. The largest absolute Gasteiger partial charge is 0.286 e. The molecule has 0 saturated heterocycles. The molecule has 0 aliphatic carbocycles. The maximum absolute atomic E-state index is 10.7. The van der Waals surface area contributed by atoms with E-state index in [4.69, 9.17) is 0 Å². The zero-order chi connectivity index (χ0) is 8.43. The molecule has 0 aromatic carbocycles. The quantitative estimate of drug-likeness (QED) is 0.520. The van der Waals surface area contributed by atoms with Gasteiger partial charge in [0, 0.05) is 12.1 Å². The van der Waals surface area contributed by atoms with Crippen molar-refractivity contribution >= 4 is 21.8 Å². The number of hydrogen-bond donors (Lipinski definition) is 0. The average molecular weight is 219 g/mol. The van der Waals surface area contributed by atoms with Gasteiger partial charge in [-0.05, 0) is 0 Å². The molecule has 0 unspecified atom stereocenters. The normalized spacial score (nSPS) is 9.55. The Morgan fingerprint density at radius 2 is 2.18 bits per heavy atom. The molecule has 58 valence electrons. The van der Waals surface area contributed by atoms with Gasteiger partial charge in [0.25, 0.3) is 11.2 Å². The highest BCUT2D eigenvalue weighted by Crippen LogP contribution is 2.06. The fourth-order valence-electron chi connectivity index (χ4n) is 0.559. The van der Waals surface area contributed by atoms with Crippen molar-refractivity contribution in [2.75, 3.05) is 0 Å². The predicted octanol–water partition coefficient (Wildman–Crippen LogP) is 0.914. The summed E-state index contributed by atoms with van der Waals surface area (Å²) < 4.78 is 0.977. The third-order valence-corrected chi connectivity index (χ3v) is 1.62. The molecule has 1 rings (SSSR count). The third kappa shape index (κ3) is 1.64. The number of nitrogens with zero attached hydrogens (tertiary/aromatic N) is 2. The summed E-state index contributed by atoms with van der Waals surface area (Å²) in [6.45, 7) is 0. The summed E-state index contributed by atoms with van der Waals surface area (Å²) in [7, 11) is 0. The first-order chi connectivity index (χ1) is 5.11. The minimum absolute atomic E-state index is 0.124. The van der Waals surface area contributed by atoms with E-state index in [1.54, 1.807) is 0 Å². The van der Waals surface area contributed by atoms with Crippen LogP contribution in [0.2, 0.25) is 0 Å². The van der Waals surface area contributed by atoms with E-state index in [-0.39, 0.29) is 11.2 Å². The van der Waals surface area contributed by atoms with Gasteiger partial charge in [-0.3, -0.25) is 14.9 Å². The van der Waals surface area contributed by atoms with Gasteiger partial charge in [-0.25, -0.2) is 3.59 Å². The zero-order valence-electron chi connectivity index (χ0n) is 5.23. The van der Waals surface area contributed by atoms with Crippen molar-refractivity contribution in [1.82, 2.24) is 3.59 Å². The number of rotatable bonds is 1. The lowest BCUT2D eigenvalue weighted by Gasteiger charge is -1.91. The Morgan fingerprint density at radius 3 is 2.64 bits per heavy atom. The van der Waals surface area contributed by atoms with E-state index in [0.29, 0.717) is 0 Å². The van der Waals surface area contributed by atoms with Gasteiger partial charge in [0.1, 0.15) is 0 Å². The van der Waals surface area contributed by atoms with E-state index in [2.05, 4.69) is 16.1 Å².